The molecule has 4 rings (SSSR count). The van der Waals surface area contributed by atoms with Crippen LogP contribution in [-0.2, 0) is 17.9 Å². The molecule has 2 aromatic carbocycles. The first-order valence-corrected chi connectivity index (χ1v) is 11.3. The van der Waals surface area contributed by atoms with Crippen molar-refractivity contribution in [3.63, 3.8) is 0 Å². The molecule has 9 heteroatoms. The first kappa shape index (κ1) is 23.6. The van der Waals surface area contributed by atoms with Gasteiger partial charge in [-0.1, -0.05) is 35.5 Å². The monoisotopic (exact) mass is 466 g/mol. The Morgan fingerprint density at radius 2 is 1.76 bits per heavy atom. The van der Waals surface area contributed by atoms with E-state index in [0.29, 0.717) is 42.1 Å². The maximum atomic E-state index is 12.8. The number of carbonyl (C=O) groups excluding carboxylic acids is 1. The number of rotatable bonds is 9. The molecule has 180 valence electrons. The summed E-state index contributed by atoms with van der Waals surface area (Å²) < 4.78 is 21.7. The highest BCUT2D eigenvalue weighted by Gasteiger charge is 2.26. The minimum absolute atomic E-state index is 0.0371. The van der Waals surface area contributed by atoms with Crippen molar-refractivity contribution < 1.29 is 23.5 Å². The van der Waals surface area contributed by atoms with Gasteiger partial charge in [0, 0.05) is 23.6 Å². The summed E-state index contributed by atoms with van der Waals surface area (Å²) in [5, 5.41) is 7.13. The Morgan fingerprint density at radius 1 is 1.03 bits per heavy atom. The van der Waals surface area contributed by atoms with E-state index < -0.39 is 0 Å². The van der Waals surface area contributed by atoms with E-state index in [4.69, 9.17) is 18.7 Å². The summed E-state index contributed by atoms with van der Waals surface area (Å²) in [6.07, 6.45) is 1.54. The molecule has 1 aliphatic heterocycles. The number of piperidine rings is 1. The summed E-state index contributed by atoms with van der Waals surface area (Å²) in [6, 6.07) is 13.4. The van der Waals surface area contributed by atoms with E-state index in [1.807, 2.05) is 42.5 Å². The van der Waals surface area contributed by atoms with E-state index in [9.17, 15) is 4.79 Å². The average Bonchev–Trinajstić information content (AvgIpc) is 3.36. The number of likely N-dealkylation sites (tertiary alicyclic amines) is 1. The zero-order valence-electron chi connectivity index (χ0n) is 19.7. The van der Waals surface area contributed by atoms with E-state index in [-0.39, 0.29) is 11.8 Å². The van der Waals surface area contributed by atoms with Crippen molar-refractivity contribution in [3.8, 4) is 28.6 Å². The Balaban J connectivity index is 1.28. The smallest absolute Gasteiger partial charge is 0.241 e. The first-order chi connectivity index (χ1) is 16.6. The van der Waals surface area contributed by atoms with E-state index in [1.165, 1.54) is 0 Å². The van der Waals surface area contributed by atoms with Gasteiger partial charge in [0.1, 0.15) is 0 Å². The minimum atomic E-state index is -0.0371. The van der Waals surface area contributed by atoms with E-state index >= 15 is 0 Å². The van der Waals surface area contributed by atoms with Crippen molar-refractivity contribution in [2.75, 3.05) is 34.4 Å². The number of ether oxygens (including phenoxy) is 3. The highest BCUT2D eigenvalue weighted by atomic mass is 16.5. The van der Waals surface area contributed by atoms with Crippen LogP contribution in [0.1, 0.15) is 24.3 Å². The molecular formula is C25H30N4O5. The van der Waals surface area contributed by atoms with Crippen molar-refractivity contribution in [1.29, 1.82) is 0 Å². The highest BCUT2D eigenvalue weighted by molar-refractivity contribution is 5.79. The summed E-state index contributed by atoms with van der Waals surface area (Å²) in [4.78, 5) is 19.6. The average molecular weight is 467 g/mol. The Bertz CT molecular complexity index is 1090. The quantitative estimate of drug-likeness (QED) is 0.513. The second-order valence-corrected chi connectivity index (χ2v) is 8.14. The molecule has 0 saturated carbocycles. The Kier molecular flexibility index (Phi) is 7.64. The number of amides is 1. The molecule has 1 N–H and O–H groups in total. The van der Waals surface area contributed by atoms with Gasteiger partial charge in [0.15, 0.2) is 11.5 Å². The maximum Gasteiger partial charge on any atom is 0.241 e. The van der Waals surface area contributed by atoms with Crippen LogP contribution in [0, 0.1) is 5.92 Å². The molecule has 0 spiro atoms. The van der Waals surface area contributed by atoms with Crippen LogP contribution in [0.4, 0.5) is 0 Å². The van der Waals surface area contributed by atoms with Gasteiger partial charge in [-0.25, -0.2) is 0 Å². The summed E-state index contributed by atoms with van der Waals surface area (Å²) in [6.45, 7) is 2.52. The van der Waals surface area contributed by atoms with Crippen LogP contribution in [0.25, 0.3) is 11.4 Å². The van der Waals surface area contributed by atoms with Crippen LogP contribution < -0.4 is 19.5 Å². The Morgan fingerprint density at radius 3 is 2.44 bits per heavy atom. The number of aromatic nitrogens is 2. The molecule has 1 aromatic heterocycles. The lowest BCUT2D eigenvalue weighted by Gasteiger charge is -2.30. The van der Waals surface area contributed by atoms with Crippen LogP contribution >= 0.6 is 0 Å². The number of nitrogens with one attached hydrogen (secondary N) is 1. The van der Waals surface area contributed by atoms with Gasteiger partial charge in [0.05, 0.1) is 27.9 Å². The number of benzene rings is 2. The Hall–Kier alpha value is -3.59. The second kappa shape index (κ2) is 11.0. The molecule has 1 fully saturated rings. The standard InChI is InChI=1S/C25H30N4O5/c1-31-20-10-9-19(22(32-2)23(20)33-3)15-26-25(30)18-11-13-29(14-12-18)16-21-27-24(28-34-21)17-7-5-4-6-8-17/h4-10,18H,11-16H2,1-3H3,(H,26,30). The minimum Gasteiger partial charge on any atom is -0.493 e. The fraction of sp³-hybridized carbons (Fsp3) is 0.400. The van der Waals surface area contributed by atoms with E-state index in [2.05, 4.69) is 20.4 Å². The third-order valence-corrected chi connectivity index (χ3v) is 6.06. The molecule has 3 aromatic rings. The van der Waals surface area contributed by atoms with Gasteiger partial charge in [0.2, 0.25) is 23.4 Å². The van der Waals surface area contributed by atoms with Gasteiger partial charge in [-0.05, 0) is 38.1 Å². The molecule has 0 radical (unpaired) electrons. The summed E-state index contributed by atoms with van der Waals surface area (Å²) >= 11 is 0. The molecule has 1 saturated heterocycles. The van der Waals surface area contributed by atoms with Crippen molar-refractivity contribution in [2.45, 2.75) is 25.9 Å². The second-order valence-electron chi connectivity index (χ2n) is 8.14. The number of nitrogens with zero attached hydrogens (tertiary/aromatic N) is 3. The highest BCUT2D eigenvalue weighted by Crippen LogP contribution is 2.39. The molecule has 0 unspecified atom stereocenters. The van der Waals surface area contributed by atoms with Crippen molar-refractivity contribution in [3.05, 3.63) is 53.9 Å². The summed E-state index contributed by atoms with van der Waals surface area (Å²) in [5.41, 5.74) is 1.76. The molecule has 1 amide bonds. The van der Waals surface area contributed by atoms with Crippen molar-refractivity contribution in [1.82, 2.24) is 20.4 Å². The molecule has 34 heavy (non-hydrogen) atoms. The van der Waals surface area contributed by atoms with Gasteiger partial charge in [-0.3, -0.25) is 9.69 Å². The van der Waals surface area contributed by atoms with Gasteiger partial charge in [-0.15, -0.1) is 0 Å². The topological polar surface area (TPSA) is 99.0 Å². The summed E-state index contributed by atoms with van der Waals surface area (Å²) in [5.74, 6) is 2.84. The molecule has 2 heterocycles. The zero-order chi connectivity index (χ0) is 23.9. The predicted octanol–water partition coefficient (Wildman–Crippen LogP) is 3.29. The number of carbonyl (C=O) groups is 1. The van der Waals surface area contributed by atoms with Gasteiger partial charge >= 0.3 is 0 Å². The van der Waals surface area contributed by atoms with Crippen LogP contribution in [0.5, 0.6) is 17.2 Å². The lowest BCUT2D eigenvalue weighted by molar-refractivity contribution is -0.126. The molecule has 1 aliphatic rings. The van der Waals surface area contributed by atoms with Crippen LogP contribution in [0.2, 0.25) is 0 Å². The maximum absolute atomic E-state index is 12.8. The van der Waals surface area contributed by atoms with Gasteiger partial charge in [0.25, 0.3) is 0 Å². The van der Waals surface area contributed by atoms with E-state index in [1.54, 1.807) is 21.3 Å². The number of hydrogen-bond acceptors (Lipinski definition) is 8. The van der Waals surface area contributed by atoms with Gasteiger partial charge in [-0.2, -0.15) is 4.98 Å². The van der Waals surface area contributed by atoms with Crippen LogP contribution in [-0.4, -0.2) is 55.4 Å². The molecule has 0 bridgehead atoms. The lowest BCUT2D eigenvalue weighted by Crippen LogP contribution is -2.40. The van der Waals surface area contributed by atoms with Gasteiger partial charge < -0.3 is 24.1 Å². The van der Waals surface area contributed by atoms with E-state index in [0.717, 1.165) is 37.1 Å². The molecule has 0 aliphatic carbocycles. The molecule has 9 nitrogen and oxygen atoms in total. The third-order valence-electron chi connectivity index (χ3n) is 6.06. The van der Waals surface area contributed by atoms with Crippen LogP contribution in [0.15, 0.2) is 47.0 Å². The Labute approximate surface area is 199 Å². The fourth-order valence-electron chi connectivity index (χ4n) is 4.20. The summed E-state index contributed by atoms with van der Waals surface area (Å²) in [7, 11) is 4.71. The normalized spacial score (nSPS) is 14.6. The van der Waals surface area contributed by atoms with Crippen molar-refractivity contribution >= 4 is 5.91 Å². The molecular weight excluding hydrogens is 436 g/mol. The number of hydrogen-bond donors (Lipinski definition) is 1. The number of methoxy groups -OCH3 is 3. The first-order valence-electron chi connectivity index (χ1n) is 11.3. The SMILES string of the molecule is COc1ccc(CNC(=O)C2CCN(Cc3nc(-c4ccccc4)no3)CC2)c(OC)c1OC. The zero-order valence-corrected chi connectivity index (χ0v) is 19.7. The lowest BCUT2D eigenvalue weighted by atomic mass is 9.96. The third kappa shape index (κ3) is 5.31. The largest absolute Gasteiger partial charge is 0.493 e. The van der Waals surface area contributed by atoms with Crippen molar-refractivity contribution in [2.24, 2.45) is 5.92 Å². The molecule has 0 atom stereocenters. The fourth-order valence-corrected chi connectivity index (χ4v) is 4.20. The predicted molar refractivity (Wildman–Crippen MR) is 126 cm³/mol. The van der Waals surface area contributed by atoms with Crippen LogP contribution in [0.3, 0.4) is 0 Å².